The Morgan fingerprint density at radius 3 is 2.58 bits per heavy atom. The average molecular weight is 358 g/mol. The van der Waals surface area contributed by atoms with E-state index < -0.39 is 29.6 Å². The zero-order valence-corrected chi connectivity index (χ0v) is 14.0. The molecular weight excluding hydrogens is 342 g/mol. The van der Waals surface area contributed by atoms with E-state index in [0.29, 0.717) is 11.1 Å². The highest BCUT2D eigenvalue weighted by Crippen LogP contribution is 2.11. The number of nitriles is 1. The number of hydrogen-bond acceptors (Lipinski definition) is 4. The highest BCUT2D eigenvalue weighted by atomic mass is 19.2. The topological polar surface area (TPSA) is 79.2 Å². The van der Waals surface area contributed by atoms with Crippen molar-refractivity contribution in [2.75, 3.05) is 7.11 Å². The summed E-state index contributed by atoms with van der Waals surface area (Å²) in [6.45, 7) is 0. The lowest BCUT2D eigenvalue weighted by Gasteiger charge is -2.17. The minimum absolute atomic E-state index is 0.131. The van der Waals surface area contributed by atoms with E-state index in [1.807, 2.05) is 6.07 Å². The highest BCUT2D eigenvalue weighted by Gasteiger charge is 2.22. The largest absolute Gasteiger partial charge is 0.467 e. The summed E-state index contributed by atoms with van der Waals surface area (Å²) in [5, 5.41) is 11.5. The van der Waals surface area contributed by atoms with Gasteiger partial charge in [-0.15, -0.1) is 0 Å². The van der Waals surface area contributed by atoms with Crippen LogP contribution in [0.25, 0.3) is 0 Å². The number of rotatable bonds is 6. The van der Waals surface area contributed by atoms with Crippen LogP contribution >= 0.6 is 0 Å². The van der Waals surface area contributed by atoms with Crippen molar-refractivity contribution in [1.82, 2.24) is 5.32 Å². The van der Waals surface area contributed by atoms with E-state index in [-0.39, 0.29) is 18.4 Å². The first-order chi connectivity index (χ1) is 12.4. The normalized spacial score (nSPS) is 11.3. The lowest BCUT2D eigenvalue weighted by molar-refractivity contribution is -0.145. The molecule has 0 heterocycles. The molecule has 1 atom stereocenters. The minimum atomic E-state index is -1.05. The van der Waals surface area contributed by atoms with Gasteiger partial charge in [-0.3, -0.25) is 4.79 Å². The number of methoxy groups -OCH3 is 1. The summed E-state index contributed by atoms with van der Waals surface area (Å²) in [6.07, 6.45) is -0.0886. The van der Waals surface area contributed by atoms with Crippen LogP contribution in [0.15, 0.2) is 42.5 Å². The molecule has 0 unspecified atom stereocenters. The van der Waals surface area contributed by atoms with E-state index in [2.05, 4.69) is 5.32 Å². The molecule has 1 amide bonds. The molecule has 0 saturated carbocycles. The molecule has 0 spiro atoms. The standard InChI is InChI=1S/C19H16F2N2O3/c1-26-19(25)17(9-12-3-2-4-14(7-12)11-22)23-18(24)10-13-5-6-15(20)16(21)8-13/h2-8,17H,9-10H2,1H3,(H,23,24)/t17-/m1/s1. The second-order valence-corrected chi connectivity index (χ2v) is 5.58. The predicted molar refractivity (Wildman–Crippen MR) is 88.9 cm³/mol. The van der Waals surface area contributed by atoms with Crippen molar-refractivity contribution in [1.29, 1.82) is 5.26 Å². The van der Waals surface area contributed by atoms with Crippen LogP contribution in [0, 0.1) is 23.0 Å². The Morgan fingerprint density at radius 1 is 1.15 bits per heavy atom. The lowest BCUT2D eigenvalue weighted by Crippen LogP contribution is -2.43. The number of carbonyl (C=O) groups is 2. The van der Waals surface area contributed by atoms with Crippen LogP contribution in [0.4, 0.5) is 8.78 Å². The Hall–Kier alpha value is -3.27. The number of esters is 1. The van der Waals surface area contributed by atoms with Crippen molar-refractivity contribution in [2.24, 2.45) is 0 Å². The Morgan fingerprint density at radius 2 is 1.92 bits per heavy atom. The summed E-state index contributed by atoms with van der Waals surface area (Å²) in [6, 6.07) is 10.8. The van der Waals surface area contributed by atoms with Gasteiger partial charge in [0.25, 0.3) is 0 Å². The van der Waals surface area contributed by atoms with Crippen LogP contribution in [-0.4, -0.2) is 25.0 Å². The van der Waals surface area contributed by atoms with Crippen molar-refractivity contribution in [2.45, 2.75) is 18.9 Å². The molecule has 0 aliphatic carbocycles. The first kappa shape index (κ1) is 19.1. The molecule has 5 nitrogen and oxygen atoms in total. The van der Waals surface area contributed by atoms with Crippen molar-refractivity contribution in [3.8, 4) is 6.07 Å². The Balaban J connectivity index is 2.09. The fourth-order valence-electron chi connectivity index (χ4n) is 2.42. The van der Waals surface area contributed by atoms with Gasteiger partial charge in [-0.1, -0.05) is 18.2 Å². The molecule has 0 radical (unpaired) electrons. The van der Waals surface area contributed by atoms with Crippen molar-refractivity contribution < 1.29 is 23.1 Å². The van der Waals surface area contributed by atoms with Gasteiger partial charge >= 0.3 is 5.97 Å². The van der Waals surface area contributed by atoms with E-state index in [0.717, 1.165) is 12.1 Å². The van der Waals surface area contributed by atoms with Gasteiger partial charge in [0.05, 0.1) is 25.2 Å². The summed E-state index contributed by atoms with van der Waals surface area (Å²) in [5.41, 5.74) is 1.38. The molecule has 134 valence electrons. The van der Waals surface area contributed by atoms with Crippen molar-refractivity contribution >= 4 is 11.9 Å². The Kier molecular flexibility index (Phi) is 6.39. The molecular formula is C19H16F2N2O3. The van der Waals surface area contributed by atoms with Crippen LogP contribution in [0.3, 0.4) is 0 Å². The van der Waals surface area contributed by atoms with Crippen LogP contribution in [0.2, 0.25) is 0 Å². The first-order valence-electron chi connectivity index (χ1n) is 7.73. The molecule has 0 aromatic heterocycles. The number of benzene rings is 2. The van der Waals surface area contributed by atoms with Crippen LogP contribution in [-0.2, 0) is 27.2 Å². The number of nitrogens with zero attached hydrogens (tertiary/aromatic N) is 1. The van der Waals surface area contributed by atoms with E-state index in [4.69, 9.17) is 10.00 Å². The smallest absolute Gasteiger partial charge is 0.328 e. The Labute approximate surface area is 149 Å². The predicted octanol–water partition coefficient (Wildman–Crippen LogP) is 2.28. The maximum atomic E-state index is 13.2. The molecule has 7 heteroatoms. The minimum Gasteiger partial charge on any atom is -0.467 e. The fraction of sp³-hybridized carbons (Fsp3) is 0.211. The van der Waals surface area contributed by atoms with Crippen molar-refractivity contribution in [3.63, 3.8) is 0 Å². The van der Waals surface area contributed by atoms with Crippen LogP contribution in [0.5, 0.6) is 0 Å². The van der Waals surface area contributed by atoms with Gasteiger partial charge in [-0.25, -0.2) is 13.6 Å². The van der Waals surface area contributed by atoms with Gasteiger partial charge < -0.3 is 10.1 Å². The number of nitrogens with one attached hydrogen (secondary N) is 1. The summed E-state index contributed by atoms with van der Waals surface area (Å²) < 4.78 is 30.9. The number of carbonyl (C=O) groups excluding carboxylic acids is 2. The molecule has 0 saturated heterocycles. The quantitative estimate of drug-likeness (QED) is 0.804. The number of ether oxygens (including phenoxy) is 1. The number of hydrogen-bond donors (Lipinski definition) is 1. The highest BCUT2D eigenvalue weighted by molar-refractivity contribution is 5.85. The molecule has 0 bridgehead atoms. The molecule has 26 heavy (non-hydrogen) atoms. The van der Waals surface area contributed by atoms with Gasteiger partial charge in [-0.05, 0) is 35.4 Å². The molecule has 0 aliphatic rings. The van der Waals surface area contributed by atoms with Crippen molar-refractivity contribution in [3.05, 3.63) is 70.8 Å². The summed E-state index contributed by atoms with van der Waals surface area (Å²) >= 11 is 0. The van der Waals surface area contributed by atoms with E-state index in [9.17, 15) is 18.4 Å². The van der Waals surface area contributed by atoms with Crippen LogP contribution < -0.4 is 5.32 Å². The number of amides is 1. The van der Waals surface area contributed by atoms with Gasteiger partial charge in [0.1, 0.15) is 6.04 Å². The molecule has 2 aromatic rings. The van der Waals surface area contributed by atoms with Crippen LogP contribution in [0.1, 0.15) is 16.7 Å². The zero-order valence-electron chi connectivity index (χ0n) is 14.0. The molecule has 1 N–H and O–H groups in total. The van der Waals surface area contributed by atoms with Gasteiger partial charge in [0.2, 0.25) is 5.91 Å². The van der Waals surface area contributed by atoms with E-state index >= 15 is 0 Å². The summed E-state index contributed by atoms with van der Waals surface area (Å²) in [4.78, 5) is 24.1. The second-order valence-electron chi connectivity index (χ2n) is 5.58. The van der Waals surface area contributed by atoms with Gasteiger partial charge in [-0.2, -0.15) is 5.26 Å². The molecule has 2 aromatic carbocycles. The Bertz CT molecular complexity index is 862. The molecule has 0 aliphatic heterocycles. The molecule has 2 rings (SSSR count). The third-order valence-electron chi connectivity index (χ3n) is 3.67. The third-order valence-corrected chi connectivity index (χ3v) is 3.67. The van der Waals surface area contributed by atoms with E-state index in [1.54, 1.807) is 24.3 Å². The summed E-state index contributed by atoms with van der Waals surface area (Å²) in [7, 11) is 1.20. The lowest BCUT2D eigenvalue weighted by atomic mass is 10.0. The average Bonchev–Trinajstić information content (AvgIpc) is 2.63. The zero-order chi connectivity index (χ0) is 19.1. The maximum Gasteiger partial charge on any atom is 0.328 e. The second kappa shape index (κ2) is 8.72. The summed E-state index contributed by atoms with van der Waals surface area (Å²) in [5.74, 6) is -3.24. The third kappa shape index (κ3) is 5.11. The molecule has 0 fully saturated rings. The fourth-order valence-corrected chi connectivity index (χ4v) is 2.42. The monoisotopic (exact) mass is 358 g/mol. The SMILES string of the molecule is COC(=O)[C@@H](Cc1cccc(C#N)c1)NC(=O)Cc1ccc(F)c(F)c1. The number of halogens is 2. The first-order valence-corrected chi connectivity index (χ1v) is 7.73. The van der Waals surface area contributed by atoms with Gasteiger partial charge in [0.15, 0.2) is 11.6 Å². The van der Waals surface area contributed by atoms with Gasteiger partial charge in [0, 0.05) is 6.42 Å². The van der Waals surface area contributed by atoms with E-state index in [1.165, 1.54) is 13.2 Å². The maximum absolute atomic E-state index is 13.2.